The number of carbonyl (C=O) groups is 1. The summed E-state index contributed by atoms with van der Waals surface area (Å²) in [5, 5.41) is 16.1. The van der Waals surface area contributed by atoms with Gasteiger partial charge in [-0.2, -0.15) is 0 Å². The summed E-state index contributed by atoms with van der Waals surface area (Å²) in [5.41, 5.74) is 0.621. The molecule has 0 aliphatic carbocycles. The molecule has 0 atom stereocenters. The molecule has 0 unspecified atom stereocenters. The fourth-order valence-corrected chi connectivity index (χ4v) is 2.44. The highest BCUT2D eigenvalue weighted by Crippen LogP contribution is 2.26. The molecule has 0 heterocycles. The van der Waals surface area contributed by atoms with Crippen LogP contribution in [0.3, 0.4) is 0 Å². The van der Waals surface area contributed by atoms with Gasteiger partial charge in [0.15, 0.2) is 5.11 Å². The van der Waals surface area contributed by atoms with E-state index in [1.54, 1.807) is 24.3 Å². The number of non-ortho nitro benzene ring substituents is 1. The van der Waals surface area contributed by atoms with Crippen molar-refractivity contribution in [1.82, 2.24) is 5.32 Å². The normalized spacial score (nSPS) is 10.4. The average molecular weight is 408 g/mol. The van der Waals surface area contributed by atoms with Crippen LogP contribution in [0.1, 0.15) is 24.2 Å². The van der Waals surface area contributed by atoms with Crippen molar-refractivity contribution < 1.29 is 14.5 Å². The van der Waals surface area contributed by atoms with E-state index < -0.39 is 10.8 Å². The highest BCUT2D eigenvalue weighted by atomic mass is 35.5. The predicted octanol–water partition coefficient (Wildman–Crippen LogP) is 4.41. The number of ether oxygens (including phenoxy) is 1. The number of nitrogens with one attached hydrogen (secondary N) is 2. The summed E-state index contributed by atoms with van der Waals surface area (Å²) in [6.45, 7) is 4.69. The molecule has 142 valence electrons. The van der Waals surface area contributed by atoms with Crippen molar-refractivity contribution in [3.63, 3.8) is 0 Å². The molecule has 1 amide bonds. The molecule has 7 nitrogen and oxygen atoms in total. The third kappa shape index (κ3) is 6.19. The van der Waals surface area contributed by atoms with Crippen LogP contribution in [0.4, 0.5) is 11.4 Å². The van der Waals surface area contributed by atoms with Crippen molar-refractivity contribution in [2.75, 3.05) is 11.9 Å². The fourth-order valence-electron chi connectivity index (χ4n) is 2.01. The van der Waals surface area contributed by atoms with Gasteiger partial charge in [-0.25, -0.2) is 0 Å². The van der Waals surface area contributed by atoms with Crippen LogP contribution in [0.2, 0.25) is 5.02 Å². The van der Waals surface area contributed by atoms with Gasteiger partial charge in [0.2, 0.25) is 0 Å². The first kappa shape index (κ1) is 20.6. The van der Waals surface area contributed by atoms with Gasteiger partial charge >= 0.3 is 0 Å². The van der Waals surface area contributed by atoms with Gasteiger partial charge in [0.05, 0.1) is 22.2 Å². The zero-order chi connectivity index (χ0) is 20.0. The number of nitro benzene ring substituents is 1. The summed E-state index contributed by atoms with van der Waals surface area (Å²) in [7, 11) is 0. The molecular weight excluding hydrogens is 390 g/mol. The molecule has 0 spiro atoms. The molecule has 27 heavy (non-hydrogen) atoms. The van der Waals surface area contributed by atoms with Crippen molar-refractivity contribution in [2.45, 2.75) is 13.8 Å². The molecule has 0 saturated heterocycles. The highest BCUT2D eigenvalue weighted by Gasteiger charge is 2.12. The minimum atomic E-state index is -0.551. The monoisotopic (exact) mass is 407 g/mol. The number of rotatable bonds is 6. The molecule has 2 rings (SSSR count). The van der Waals surface area contributed by atoms with E-state index in [2.05, 4.69) is 10.6 Å². The Morgan fingerprint density at radius 2 is 1.93 bits per heavy atom. The second-order valence-electron chi connectivity index (χ2n) is 6.06. The number of thiocarbonyl (C=S) groups is 1. The van der Waals surface area contributed by atoms with Crippen molar-refractivity contribution >= 4 is 46.2 Å². The van der Waals surface area contributed by atoms with Gasteiger partial charge in [0.1, 0.15) is 5.75 Å². The Morgan fingerprint density at radius 3 is 2.48 bits per heavy atom. The third-order valence-electron chi connectivity index (χ3n) is 3.34. The molecule has 0 radical (unpaired) electrons. The quantitative estimate of drug-likeness (QED) is 0.418. The standard InChI is InChI=1S/C18H18ClN3O4S/c1-11(2)10-26-14-6-3-12(4-7-14)17(23)21-18(27)20-16-8-5-13(22(24)25)9-15(16)19/h3-9,11H,10H2,1-2H3,(H2,20,21,23,27). The van der Waals surface area contributed by atoms with E-state index in [1.807, 2.05) is 13.8 Å². The zero-order valence-electron chi connectivity index (χ0n) is 14.7. The van der Waals surface area contributed by atoms with Gasteiger partial charge in [-0.05, 0) is 48.5 Å². The summed E-state index contributed by atoms with van der Waals surface area (Å²) < 4.78 is 5.57. The van der Waals surface area contributed by atoms with E-state index in [0.29, 0.717) is 29.5 Å². The number of hydrogen-bond donors (Lipinski definition) is 2. The smallest absolute Gasteiger partial charge is 0.271 e. The van der Waals surface area contributed by atoms with Crippen molar-refractivity contribution in [2.24, 2.45) is 5.92 Å². The van der Waals surface area contributed by atoms with E-state index in [9.17, 15) is 14.9 Å². The van der Waals surface area contributed by atoms with E-state index in [-0.39, 0.29) is 15.8 Å². The van der Waals surface area contributed by atoms with Crippen molar-refractivity contribution in [1.29, 1.82) is 0 Å². The number of anilines is 1. The van der Waals surface area contributed by atoms with Gasteiger partial charge < -0.3 is 10.1 Å². The average Bonchev–Trinajstić information content (AvgIpc) is 2.61. The summed E-state index contributed by atoms with van der Waals surface area (Å²) in [5.74, 6) is 0.683. The second-order valence-corrected chi connectivity index (χ2v) is 6.87. The molecule has 0 fully saturated rings. The van der Waals surface area contributed by atoms with Crippen LogP contribution in [-0.4, -0.2) is 22.5 Å². The fraction of sp³-hybridized carbons (Fsp3) is 0.222. The lowest BCUT2D eigenvalue weighted by molar-refractivity contribution is -0.384. The van der Waals surface area contributed by atoms with E-state index in [4.69, 9.17) is 28.6 Å². The van der Waals surface area contributed by atoms with Crippen molar-refractivity contribution in [3.8, 4) is 5.75 Å². The van der Waals surface area contributed by atoms with Gasteiger partial charge in [-0.3, -0.25) is 20.2 Å². The molecule has 2 aromatic rings. The number of benzene rings is 2. The third-order valence-corrected chi connectivity index (χ3v) is 3.86. The topological polar surface area (TPSA) is 93.5 Å². The Balaban J connectivity index is 1.95. The molecular formula is C18H18ClN3O4S. The van der Waals surface area contributed by atoms with Crippen LogP contribution in [-0.2, 0) is 0 Å². The summed E-state index contributed by atoms with van der Waals surface area (Å²) in [4.78, 5) is 22.4. The Bertz CT molecular complexity index is 856. The lowest BCUT2D eigenvalue weighted by Crippen LogP contribution is -2.34. The molecule has 2 N–H and O–H groups in total. The van der Waals surface area contributed by atoms with E-state index in [1.165, 1.54) is 18.2 Å². The first-order valence-corrected chi connectivity index (χ1v) is 8.84. The van der Waals surface area contributed by atoms with E-state index >= 15 is 0 Å². The molecule has 0 aliphatic rings. The minimum Gasteiger partial charge on any atom is -0.493 e. The molecule has 0 bridgehead atoms. The summed E-state index contributed by atoms with van der Waals surface area (Å²) >= 11 is 11.1. The van der Waals surface area contributed by atoms with Crippen LogP contribution in [0, 0.1) is 16.0 Å². The zero-order valence-corrected chi connectivity index (χ0v) is 16.3. The predicted molar refractivity (Wildman–Crippen MR) is 109 cm³/mol. The maximum absolute atomic E-state index is 12.2. The summed E-state index contributed by atoms with van der Waals surface area (Å²) in [6, 6.07) is 10.6. The van der Waals surface area contributed by atoms with Crippen LogP contribution in [0.5, 0.6) is 5.75 Å². The molecule has 9 heteroatoms. The summed E-state index contributed by atoms with van der Waals surface area (Å²) in [6.07, 6.45) is 0. The number of halogens is 1. The number of hydrogen-bond acceptors (Lipinski definition) is 5. The maximum atomic E-state index is 12.2. The van der Waals surface area contributed by atoms with Crippen LogP contribution in [0.25, 0.3) is 0 Å². The van der Waals surface area contributed by atoms with Gasteiger partial charge in [-0.15, -0.1) is 0 Å². The lowest BCUT2D eigenvalue weighted by Gasteiger charge is -2.11. The Morgan fingerprint density at radius 1 is 1.26 bits per heavy atom. The highest BCUT2D eigenvalue weighted by molar-refractivity contribution is 7.80. The largest absolute Gasteiger partial charge is 0.493 e. The number of amides is 1. The van der Waals surface area contributed by atoms with E-state index in [0.717, 1.165) is 0 Å². The Kier molecular flexibility index (Phi) is 7.09. The van der Waals surface area contributed by atoms with Gasteiger partial charge in [0.25, 0.3) is 11.6 Å². The van der Waals surface area contributed by atoms with Crippen LogP contribution < -0.4 is 15.4 Å². The Labute approximate surface area is 166 Å². The lowest BCUT2D eigenvalue weighted by atomic mass is 10.2. The molecule has 0 aromatic heterocycles. The Hall–Kier alpha value is -2.71. The number of carbonyl (C=O) groups excluding carboxylic acids is 1. The molecule has 2 aromatic carbocycles. The second kappa shape index (κ2) is 9.29. The van der Waals surface area contributed by atoms with Crippen molar-refractivity contribution in [3.05, 3.63) is 63.2 Å². The van der Waals surface area contributed by atoms with Gasteiger partial charge in [-0.1, -0.05) is 25.4 Å². The number of nitrogens with zero attached hydrogens (tertiary/aromatic N) is 1. The van der Waals surface area contributed by atoms with Crippen LogP contribution >= 0.6 is 23.8 Å². The minimum absolute atomic E-state index is 0.0240. The maximum Gasteiger partial charge on any atom is 0.271 e. The van der Waals surface area contributed by atoms with Gasteiger partial charge in [0, 0.05) is 17.7 Å². The molecule has 0 aliphatic heterocycles. The first-order valence-electron chi connectivity index (χ1n) is 8.05. The SMILES string of the molecule is CC(C)COc1ccc(C(=O)NC(=S)Nc2ccc([N+](=O)[O-])cc2Cl)cc1. The van der Waals surface area contributed by atoms with Crippen LogP contribution in [0.15, 0.2) is 42.5 Å². The number of nitro groups is 1. The molecule has 0 saturated carbocycles. The first-order chi connectivity index (χ1) is 12.8.